The zero-order chi connectivity index (χ0) is 18.1. The first-order valence-corrected chi connectivity index (χ1v) is 7.73. The second-order valence-electron chi connectivity index (χ2n) is 5.32. The maximum absolute atomic E-state index is 11.2. The van der Waals surface area contributed by atoms with Gasteiger partial charge in [-0.25, -0.2) is 4.79 Å². The summed E-state index contributed by atoms with van der Waals surface area (Å²) < 4.78 is 0. The molecular weight excluding hydrogens is 328 g/mol. The molecule has 1 aliphatic rings. The topological polar surface area (TPSA) is 137 Å². The van der Waals surface area contributed by atoms with Crippen LogP contribution in [-0.2, 0) is 9.63 Å². The Morgan fingerprint density at radius 1 is 1.44 bits per heavy atom. The molecule has 1 heterocycles. The number of carbonyl (C=O) groups excluding carboxylic acids is 3. The number of aliphatic imine (C=N–C) groups is 1. The Bertz CT molecular complexity index is 714. The summed E-state index contributed by atoms with van der Waals surface area (Å²) in [6.07, 6.45) is 2.29. The van der Waals surface area contributed by atoms with Gasteiger partial charge in [0.25, 0.3) is 0 Å². The van der Waals surface area contributed by atoms with Crippen LogP contribution < -0.4 is 15.7 Å². The number of oxime groups is 1. The number of carboxylic acids is 1. The molecule has 0 saturated heterocycles. The second-order valence-corrected chi connectivity index (χ2v) is 5.32. The number of quaternary nitrogens is 1. The smallest absolute Gasteiger partial charge is 0.347 e. The third-order valence-electron chi connectivity index (χ3n) is 3.29. The number of nitrogens with zero attached hydrogens (tertiary/aromatic N) is 2. The fraction of sp³-hybridized carbons (Fsp3) is 0.312. The van der Waals surface area contributed by atoms with Gasteiger partial charge in [0.1, 0.15) is 13.2 Å². The van der Waals surface area contributed by atoms with Crippen molar-refractivity contribution in [1.29, 1.82) is 0 Å². The lowest BCUT2D eigenvalue weighted by molar-refractivity contribution is -0.642. The van der Waals surface area contributed by atoms with Crippen molar-refractivity contribution in [1.82, 2.24) is 5.32 Å². The van der Waals surface area contributed by atoms with Crippen molar-refractivity contribution in [2.24, 2.45) is 10.1 Å². The average Bonchev–Trinajstić information content (AvgIpc) is 2.56. The molecule has 25 heavy (non-hydrogen) atoms. The number of aromatic carboxylic acids is 1. The van der Waals surface area contributed by atoms with E-state index in [1.54, 1.807) is 12.1 Å². The first-order valence-electron chi connectivity index (χ1n) is 7.73. The van der Waals surface area contributed by atoms with Gasteiger partial charge in [-0.1, -0.05) is 23.4 Å². The van der Waals surface area contributed by atoms with Gasteiger partial charge in [0.15, 0.2) is 0 Å². The molecule has 1 aromatic rings. The lowest BCUT2D eigenvalue weighted by atomic mass is 10.1. The molecular formula is C16H18N4O5. The van der Waals surface area contributed by atoms with Crippen molar-refractivity contribution in [3.63, 3.8) is 0 Å². The summed E-state index contributed by atoms with van der Waals surface area (Å²) >= 11 is 0. The van der Waals surface area contributed by atoms with Gasteiger partial charge in [0.05, 0.1) is 30.9 Å². The SMILES string of the molecule is O=C1CC(C[NH2+]CCCO/N=C/c2cccc(C(=O)[O-])c2)=NC(=O)N1. The predicted octanol–water partition coefficient (Wildman–Crippen LogP) is -1.56. The predicted molar refractivity (Wildman–Crippen MR) is 86.2 cm³/mol. The van der Waals surface area contributed by atoms with Crippen molar-refractivity contribution in [3.05, 3.63) is 35.4 Å². The number of hydrogen-bond acceptors (Lipinski definition) is 6. The van der Waals surface area contributed by atoms with Crippen LogP contribution in [0.25, 0.3) is 0 Å². The molecule has 132 valence electrons. The molecule has 3 N–H and O–H groups in total. The zero-order valence-corrected chi connectivity index (χ0v) is 13.4. The van der Waals surface area contributed by atoms with E-state index in [2.05, 4.69) is 15.5 Å². The molecule has 0 saturated carbocycles. The minimum atomic E-state index is -1.24. The van der Waals surface area contributed by atoms with Gasteiger partial charge in [-0.2, -0.15) is 4.99 Å². The molecule has 9 nitrogen and oxygen atoms in total. The maximum atomic E-state index is 11.2. The van der Waals surface area contributed by atoms with Crippen molar-refractivity contribution in [3.8, 4) is 0 Å². The van der Waals surface area contributed by atoms with Gasteiger partial charge in [-0.05, 0) is 17.2 Å². The van der Waals surface area contributed by atoms with Crippen molar-refractivity contribution in [2.75, 3.05) is 19.7 Å². The maximum Gasteiger partial charge on any atom is 0.347 e. The van der Waals surface area contributed by atoms with Crippen molar-refractivity contribution < 1.29 is 29.6 Å². The quantitative estimate of drug-likeness (QED) is 0.316. The molecule has 0 fully saturated rings. The summed E-state index contributed by atoms with van der Waals surface area (Å²) in [4.78, 5) is 41.8. The molecule has 0 radical (unpaired) electrons. The first kappa shape index (κ1) is 18.3. The first-order chi connectivity index (χ1) is 12.0. The Labute approximate surface area is 143 Å². The highest BCUT2D eigenvalue weighted by atomic mass is 16.6. The molecule has 1 aliphatic heterocycles. The minimum Gasteiger partial charge on any atom is -0.545 e. The van der Waals surface area contributed by atoms with E-state index in [1.165, 1.54) is 18.3 Å². The largest absolute Gasteiger partial charge is 0.545 e. The molecule has 0 atom stereocenters. The van der Waals surface area contributed by atoms with Crippen LogP contribution >= 0.6 is 0 Å². The standard InChI is InChI=1S/C16H18N4O5/c21-14-8-13(19-16(24)20-14)10-17-5-2-6-25-18-9-11-3-1-4-12(7-11)15(22)23/h1,3-4,7,9,17H,2,5-6,8,10H2,(H,22,23)(H,20,21,24)/b18-9+. The van der Waals surface area contributed by atoms with Crippen LogP contribution in [-0.4, -0.2) is 49.5 Å². The highest BCUT2D eigenvalue weighted by Crippen LogP contribution is 2.02. The van der Waals surface area contributed by atoms with Gasteiger partial charge >= 0.3 is 6.03 Å². The molecule has 0 bridgehead atoms. The fourth-order valence-electron chi connectivity index (χ4n) is 2.14. The Balaban J connectivity index is 1.60. The number of carboxylic acid groups (broad SMARTS) is 1. The number of hydrogen-bond donors (Lipinski definition) is 2. The number of carbonyl (C=O) groups is 3. The Hall–Kier alpha value is -3.07. The lowest BCUT2D eigenvalue weighted by Gasteiger charge is -2.10. The molecule has 1 aromatic carbocycles. The number of nitrogens with two attached hydrogens (primary N) is 1. The molecule has 0 aliphatic carbocycles. The third-order valence-corrected chi connectivity index (χ3v) is 3.29. The number of rotatable bonds is 9. The van der Waals surface area contributed by atoms with Gasteiger partial charge in [0, 0.05) is 6.42 Å². The Morgan fingerprint density at radius 3 is 3.04 bits per heavy atom. The summed E-state index contributed by atoms with van der Waals surface area (Å²) in [5, 5.41) is 18.6. The minimum absolute atomic E-state index is 0.0799. The Kier molecular flexibility index (Phi) is 6.78. The molecule has 3 amide bonds. The van der Waals surface area contributed by atoms with Crippen molar-refractivity contribution in [2.45, 2.75) is 12.8 Å². The lowest BCUT2D eigenvalue weighted by Crippen LogP contribution is -2.86. The van der Waals surface area contributed by atoms with Gasteiger partial charge in [-0.3, -0.25) is 10.1 Å². The van der Waals surface area contributed by atoms with Crippen LogP contribution in [0.2, 0.25) is 0 Å². The van der Waals surface area contributed by atoms with Gasteiger partial charge in [0.2, 0.25) is 5.91 Å². The van der Waals surface area contributed by atoms with E-state index in [-0.39, 0.29) is 17.9 Å². The molecule has 0 aromatic heterocycles. The number of benzene rings is 1. The van der Waals surface area contributed by atoms with E-state index in [0.29, 0.717) is 30.8 Å². The van der Waals surface area contributed by atoms with E-state index >= 15 is 0 Å². The number of amides is 3. The number of nitrogens with one attached hydrogen (secondary N) is 1. The van der Waals surface area contributed by atoms with Crippen LogP contribution in [0.3, 0.4) is 0 Å². The van der Waals surface area contributed by atoms with Crippen LogP contribution in [0, 0.1) is 0 Å². The second kappa shape index (κ2) is 9.28. The monoisotopic (exact) mass is 346 g/mol. The van der Waals surface area contributed by atoms with E-state index < -0.39 is 12.0 Å². The van der Waals surface area contributed by atoms with Crippen LogP contribution in [0.4, 0.5) is 4.79 Å². The molecule has 0 spiro atoms. The van der Waals surface area contributed by atoms with Gasteiger partial charge in [-0.15, -0.1) is 0 Å². The van der Waals surface area contributed by atoms with Crippen LogP contribution in [0.15, 0.2) is 34.4 Å². The van der Waals surface area contributed by atoms with E-state index in [4.69, 9.17) is 4.84 Å². The summed E-state index contributed by atoms with van der Waals surface area (Å²) in [7, 11) is 0. The highest BCUT2D eigenvalue weighted by Gasteiger charge is 2.18. The summed E-state index contributed by atoms with van der Waals surface area (Å²) in [6, 6.07) is 5.57. The van der Waals surface area contributed by atoms with E-state index in [0.717, 1.165) is 6.54 Å². The third kappa shape index (κ3) is 6.51. The molecule has 9 heteroatoms. The van der Waals surface area contributed by atoms with E-state index in [1.807, 2.05) is 5.32 Å². The van der Waals surface area contributed by atoms with E-state index in [9.17, 15) is 19.5 Å². The zero-order valence-electron chi connectivity index (χ0n) is 13.4. The van der Waals surface area contributed by atoms with Gasteiger partial charge < -0.3 is 20.1 Å². The number of imide groups is 1. The fourth-order valence-corrected chi connectivity index (χ4v) is 2.14. The van der Waals surface area contributed by atoms with Crippen LogP contribution in [0.1, 0.15) is 28.8 Å². The number of urea groups is 1. The molecule has 2 rings (SSSR count). The Morgan fingerprint density at radius 2 is 2.28 bits per heavy atom. The average molecular weight is 346 g/mol. The molecule has 0 unspecified atom stereocenters. The summed E-state index contributed by atoms with van der Waals surface area (Å²) in [5.41, 5.74) is 1.24. The van der Waals surface area contributed by atoms with Crippen molar-refractivity contribution >= 4 is 29.8 Å². The highest BCUT2D eigenvalue weighted by molar-refractivity contribution is 6.14. The summed E-state index contributed by atoms with van der Waals surface area (Å²) in [6.45, 7) is 1.60. The van der Waals surface area contributed by atoms with Crippen LogP contribution in [0.5, 0.6) is 0 Å². The normalized spacial score (nSPS) is 14.3. The summed E-state index contributed by atoms with van der Waals surface area (Å²) in [5.74, 6) is -1.57.